The van der Waals surface area contributed by atoms with Crippen molar-refractivity contribution in [3.05, 3.63) is 76.5 Å². The van der Waals surface area contributed by atoms with Gasteiger partial charge < -0.3 is 19.1 Å². The van der Waals surface area contributed by atoms with Crippen LogP contribution >= 0.6 is 15.9 Å². The number of aryl methyl sites for hydroxylation is 1. The lowest BCUT2D eigenvalue weighted by molar-refractivity contribution is -0.921. The highest BCUT2D eigenvalue weighted by Crippen LogP contribution is 2.19. The largest absolute Gasteiger partial charge is 0.463 e. The molecule has 0 aliphatic rings. The molecule has 5 nitrogen and oxygen atoms in total. The Balaban J connectivity index is 1.66. The van der Waals surface area contributed by atoms with Crippen LogP contribution in [0.4, 0.5) is 5.69 Å². The van der Waals surface area contributed by atoms with Crippen LogP contribution in [0.3, 0.4) is 0 Å². The molecule has 0 unspecified atom stereocenters. The number of rotatable bonds is 7. The molecule has 2 aromatic heterocycles. The van der Waals surface area contributed by atoms with Crippen LogP contribution in [0, 0.1) is 6.92 Å². The van der Waals surface area contributed by atoms with E-state index in [-0.39, 0.29) is 5.91 Å². The molecule has 0 radical (unpaired) electrons. The molecule has 0 fully saturated rings. The molecule has 0 bridgehead atoms. The summed E-state index contributed by atoms with van der Waals surface area (Å²) < 4.78 is 11.8. The first-order valence-electron chi connectivity index (χ1n) is 8.04. The summed E-state index contributed by atoms with van der Waals surface area (Å²) >= 11 is 3.43. The van der Waals surface area contributed by atoms with E-state index in [0.717, 1.165) is 32.1 Å². The Kier molecular flexibility index (Phi) is 5.73. The lowest BCUT2D eigenvalue weighted by Crippen LogP contribution is -3.10. The minimum atomic E-state index is -0.0430. The van der Waals surface area contributed by atoms with E-state index in [1.165, 1.54) is 0 Å². The van der Waals surface area contributed by atoms with Crippen molar-refractivity contribution in [2.45, 2.75) is 20.0 Å². The zero-order valence-corrected chi connectivity index (χ0v) is 15.5. The predicted octanol–water partition coefficient (Wildman–Crippen LogP) is 3.17. The molecule has 25 heavy (non-hydrogen) atoms. The first kappa shape index (κ1) is 17.5. The molecule has 0 aliphatic carbocycles. The predicted molar refractivity (Wildman–Crippen MR) is 98.2 cm³/mol. The van der Waals surface area contributed by atoms with E-state index in [1.807, 2.05) is 49.4 Å². The van der Waals surface area contributed by atoms with Gasteiger partial charge in [0.25, 0.3) is 5.91 Å². The quantitative estimate of drug-likeness (QED) is 0.636. The lowest BCUT2D eigenvalue weighted by Gasteiger charge is -2.17. The molecule has 3 aromatic rings. The van der Waals surface area contributed by atoms with E-state index in [9.17, 15) is 4.79 Å². The molecule has 3 rings (SSSR count). The summed E-state index contributed by atoms with van der Waals surface area (Å²) in [5, 5.41) is 2.99. The third kappa shape index (κ3) is 5.08. The third-order valence-electron chi connectivity index (χ3n) is 3.88. The molecule has 0 saturated carbocycles. The van der Waals surface area contributed by atoms with E-state index in [1.54, 1.807) is 12.5 Å². The van der Waals surface area contributed by atoms with Crippen molar-refractivity contribution in [2.75, 3.05) is 11.9 Å². The zero-order chi connectivity index (χ0) is 17.6. The van der Waals surface area contributed by atoms with Gasteiger partial charge in [-0.3, -0.25) is 4.79 Å². The number of halogens is 1. The van der Waals surface area contributed by atoms with Crippen molar-refractivity contribution in [2.24, 2.45) is 0 Å². The number of furan rings is 2. The van der Waals surface area contributed by atoms with Gasteiger partial charge >= 0.3 is 0 Å². The van der Waals surface area contributed by atoms with Crippen LogP contribution in [-0.4, -0.2) is 12.5 Å². The summed E-state index contributed by atoms with van der Waals surface area (Å²) in [6.45, 7) is 3.51. The van der Waals surface area contributed by atoms with Crippen LogP contribution < -0.4 is 10.2 Å². The number of anilines is 1. The molecule has 2 heterocycles. The normalized spacial score (nSPS) is 11.0. The second-order valence-electron chi connectivity index (χ2n) is 5.95. The Labute approximate surface area is 154 Å². The number of nitrogens with one attached hydrogen (secondary N) is 2. The van der Waals surface area contributed by atoms with Crippen LogP contribution in [0.1, 0.15) is 17.1 Å². The number of carbonyl (C=O) groups is 1. The Morgan fingerprint density at radius 3 is 2.24 bits per heavy atom. The van der Waals surface area contributed by atoms with Gasteiger partial charge in [0, 0.05) is 10.2 Å². The highest BCUT2D eigenvalue weighted by Gasteiger charge is 2.18. The van der Waals surface area contributed by atoms with E-state index in [2.05, 4.69) is 21.2 Å². The second-order valence-corrected chi connectivity index (χ2v) is 6.86. The number of quaternary nitrogens is 1. The van der Waals surface area contributed by atoms with E-state index in [4.69, 9.17) is 8.83 Å². The SMILES string of the molecule is Cc1cc(Br)ccc1NC(=O)C[NH+](Cc1ccco1)Cc1ccco1. The number of carbonyl (C=O) groups excluding carboxylic acids is 1. The summed E-state index contributed by atoms with van der Waals surface area (Å²) in [5.41, 5.74) is 1.84. The molecular weight excluding hydrogens is 384 g/mol. The van der Waals surface area contributed by atoms with Crippen LogP contribution in [0.15, 0.2) is 68.3 Å². The van der Waals surface area contributed by atoms with E-state index >= 15 is 0 Å². The van der Waals surface area contributed by atoms with Gasteiger partial charge in [0.15, 0.2) is 18.1 Å². The smallest absolute Gasteiger partial charge is 0.279 e. The molecule has 0 atom stereocenters. The van der Waals surface area contributed by atoms with Gasteiger partial charge in [0.1, 0.15) is 13.1 Å². The molecule has 1 amide bonds. The lowest BCUT2D eigenvalue weighted by atomic mass is 10.2. The Hall–Kier alpha value is -2.31. The molecule has 130 valence electrons. The molecule has 6 heteroatoms. The van der Waals surface area contributed by atoms with Crippen molar-refractivity contribution in [3.8, 4) is 0 Å². The van der Waals surface area contributed by atoms with Crippen molar-refractivity contribution >= 4 is 27.5 Å². The average Bonchev–Trinajstić information content (AvgIpc) is 3.24. The van der Waals surface area contributed by atoms with Crippen LogP contribution in [0.5, 0.6) is 0 Å². The summed E-state index contributed by atoms with van der Waals surface area (Å²) in [6, 6.07) is 13.3. The maximum atomic E-state index is 12.5. The highest BCUT2D eigenvalue weighted by atomic mass is 79.9. The summed E-state index contributed by atoms with van der Waals surface area (Å²) in [7, 11) is 0. The number of benzene rings is 1. The van der Waals surface area contributed by atoms with Gasteiger partial charge in [-0.05, 0) is 55.0 Å². The zero-order valence-electron chi connectivity index (χ0n) is 13.9. The third-order valence-corrected chi connectivity index (χ3v) is 4.38. The number of hydrogen-bond acceptors (Lipinski definition) is 3. The maximum Gasteiger partial charge on any atom is 0.279 e. The summed E-state index contributed by atoms with van der Waals surface area (Å²) in [5.74, 6) is 1.64. The van der Waals surface area contributed by atoms with E-state index < -0.39 is 0 Å². The fourth-order valence-corrected chi connectivity index (χ4v) is 3.17. The fraction of sp³-hybridized carbons (Fsp3) is 0.211. The molecule has 0 aliphatic heterocycles. The van der Waals surface area contributed by atoms with Crippen LogP contribution in [-0.2, 0) is 17.9 Å². The topological polar surface area (TPSA) is 59.8 Å². The first-order chi connectivity index (χ1) is 12.1. The molecule has 0 spiro atoms. The summed E-state index contributed by atoms with van der Waals surface area (Å²) in [4.78, 5) is 13.6. The number of amides is 1. The monoisotopic (exact) mass is 403 g/mol. The van der Waals surface area contributed by atoms with Crippen LogP contribution in [0.25, 0.3) is 0 Å². The van der Waals surface area contributed by atoms with Crippen LogP contribution in [0.2, 0.25) is 0 Å². The molecule has 0 saturated heterocycles. The first-order valence-corrected chi connectivity index (χ1v) is 8.84. The highest BCUT2D eigenvalue weighted by molar-refractivity contribution is 9.10. The van der Waals surface area contributed by atoms with Gasteiger partial charge in [-0.1, -0.05) is 15.9 Å². The fourth-order valence-electron chi connectivity index (χ4n) is 2.70. The minimum Gasteiger partial charge on any atom is -0.463 e. The molecular formula is C19H20BrN2O3+. The van der Waals surface area contributed by atoms with Crippen molar-refractivity contribution in [3.63, 3.8) is 0 Å². The Morgan fingerprint density at radius 2 is 1.72 bits per heavy atom. The van der Waals surface area contributed by atoms with Crippen molar-refractivity contribution in [1.29, 1.82) is 0 Å². The molecule has 2 N–H and O–H groups in total. The van der Waals surface area contributed by atoms with Crippen molar-refractivity contribution < 1.29 is 18.5 Å². The van der Waals surface area contributed by atoms with Crippen molar-refractivity contribution in [1.82, 2.24) is 0 Å². The summed E-state index contributed by atoms with van der Waals surface area (Å²) in [6.07, 6.45) is 3.29. The minimum absolute atomic E-state index is 0.0430. The van der Waals surface area contributed by atoms with Gasteiger partial charge in [-0.2, -0.15) is 0 Å². The van der Waals surface area contributed by atoms with E-state index in [0.29, 0.717) is 19.6 Å². The van der Waals surface area contributed by atoms with Gasteiger partial charge in [-0.15, -0.1) is 0 Å². The molecule has 1 aromatic carbocycles. The Bertz CT molecular complexity index is 777. The van der Waals surface area contributed by atoms with Gasteiger partial charge in [0.05, 0.1) is 12.5 Å². The second kappa shape index (κ2) is 8.18. The van der Waals surface area contributed by atoms with Gasteiger partial charge in [-0.25, -0.2) is 0 Å². The average molecular weight is 404 g/mol. The van der Waals surface area contributed by atoms with Gasteiger partial charge in [0.2, 0.25) is 0 Å². The standard InChI is InChI=1S/C19H19BrN2O3/c1-14-10-15(20)6-7-18(14)21-19(23)13-22(11-16-4-2-8-24-16)12-17-5-3-9-25-17/h2-10H,11-13H2,1H3,(H,21,23)/p+1. The number of hydrogen-bond donors (Lipinski definition) is 2. The Morgan fingerprint density at radius 1 is 1.08 bits per heavy atom. The maximum absolute atomic E-state index is 12.5.